The van der Waals surface area contributed by atoms with Crippen LogP contribution in [0.5, 0.6) is 5.75 Å². The van der Waals surface area contributed by atoms with E-state index in [1.807, 2.05) is 26.0 Å². The zero-order valence-corrected chi connectivity index (χ0v) is 14.5. The molecular formula is C18H19ClN2O3. The molecule has 5 nitrogen and oxygen atoms in total. The summed E-state index contributed by atoms with van der Waals surface area (Å²) >= 11 is 6.09. The van der Waals surface area contributed by atoms with Crippen molar-refractivity contribution >= 4 is 34.8 Å². The summed E-state index contributed by atoms with van der Waals surface area (Å²) in [5.41, 5.74) is 3.02. The standard InChI is InChI=1S/C18H19ClN2O3/c1-11-4-6-15(14(19)8-11)21-18(23)10-24-17-9-12(2)5-7-16(17)20-13(3)22/h4-9H,10H2,1-3H3,(H,20,22)(H,21,23). The van der Waals surface area contributed by atoms with Gasteiger partial charge in [-0.2, -0.15) is 0 Å². The van der Waals surface area contributed by atoms with Crippen LogP contribution in [0.15, 0.2) is 36.4 Å². The Morgan fingerprint density at radius 1 is 1.00 bits per heavy atom. The molecule has 0 bridgehead atoms. The van der Waals surface area contributed by atoms with Crippen molar-refractivity contribution in [1.29, 1.82) is 0 Å². The van der Waals surface area contributed by atoms with E-state index < -0.39 is 0 Å². The van der Waals surface area contributed by atoms with E-state index in [-0.39, 0.29) is 18.4 Å². The van der Waals surface area contributed by atoms with E-state index in [9.17, 15) is 9.59 Å². The lowest BCUT2D eigenvalue weighted by Gasteiger charge is -2.13. The maximum atomic E-state index is 12.1. The van der Waals surface area contributed by atoms with Gasteiger partial charge in [-0.25, -0.2) is 0 Å². The highest BCUT2D eigenvalue weighted by Crippen LogP contribution is 2.26. The van der Waals surface area contributed by atoms with Gasteiger partial charge in [-0.15, -0.1) is 0 Å². The molecule has 2 amide bonds. The third kappa shape index (κ3) is 4.99. The van der Waals surface area contributed by atoms with E-state index >= 15 is 0 Å². The van der Waals surface area contributed by atoms with Crippen LogP contribution in [0.1, 0.15) is 18.1 Å². The van der Waals surface area contributed by atoms with E-state index in [0.29, 0.717) is 22.1 Å². The quantitative estimate of drug-likeness (QED) is 0.861. The van der Waals surface area contributed by atoms with Crippen molar-refractivity contribution in [1.82, 2.24) is 0 Å². The molecule has 0 aromatic heterocycles. The zero-order valence-electron chi connectivity index (χ0n) is 13.8. The van der Waals surface area contributed by atoms with Gasteiger partial charge in [0, 0.05) is 6.92 Å². The monoisotopic (exact) mass is 346 g/mol. The number of carbonyl (C=O) groups excluding carboxylic acids is 2. The number of hydrogen-bond acceptors (Lipinski definition) is 3. The minimum atomic E-state index is -0.337. The van der Waals surface area contributed by atoms with Crippen LogP contribution in [0.2, 0.25) is 5.02 Å². The van der Waals surface area contributed by atoms with Crippen LogP contribution in [-0.2, 0) is 9.59 Å². The molecule has 126 valence electrons. The molecule has 2 aromatic rings. The Hall–Kier alpha value is -2.53. The van der Waals surface area contributed by atoms with Gasteiger partial charge in [0.1, 0.15) is 5.75 Å². The van der Waals surface area contributed by atoms with Gasteiger partial charge in [0.15, 0.2) is 6.61 Å². The summed E-state index contributed by atoms with van der Waals surface area (Å²) in [5.74, 6) is -0.106. The fourth-order valence-corrected chi connectivity index (χ4v) is 2.38. The number of aryl methyl sites for hydroxylation is 2. The highest BCUT2D eigenvalue weighted by Gasteiger charge is 2.10. The first-order chi connectivity index (χ1) is 11.3. The van der Waals surface area contributed by atoms with Crippen LogP contribution in [0.25, 0.3) is 0 Å². The normalized spacial score (nSPS) is 10.2. The van der Waals surface area contributed by atoms with E-state index in [2.05, 4.69) is 10.6 Å². The highest BCUT2D eigenvalue weighted by molar-refractivity contribution is 6.33. The van der Waals surface area contributed by atoms with Crippen molar-refractivity contribution in [2.45, 2.75) is 20.8 Å². The molecule has 2 rings (SSSR count). The fraction of sp³-hybridized carbons (Fsp3) is 0.222. The summed E-state index contributed by atoms with van der Waals surface area (Å²) in [6.07, 6.45) is 0. The van der Waals surface area contributed by atoms with Crippen LogP contribution in [0, 0.1) is 13.8 Å². The van der Waals surface area contributed by atoms with Crippen molar-refractivity contribution in [2.75, 3.05) is 17.2 Å². The first-order valence-corrected chi connectivity index (χ1v) is 7.80. The van der Waals surface area contributed by atoms with Crippen LogP contribution >= 0.6 is 11.6 Å². The molecule has 0 saturated heterocycles. The number of amides is 2. The van der Waals surface area contributed by atoms with Crippen LogP contribution in [0.4, 0.5) is 11.4 Å². The second kappa shape index (κ2) is 7.84. The van der Waals surface area contributed by atoms with Crippen LogP contribution < -0.4 is 15.4 Å². The molecule has 0 aliphatic heterocycles. The van der Waals surface area contributed by atoms with Gasteiger partial charge in [0.05, 0.1) is 16.4 Å². The molecule has 0 saturated carbocycles. The lowest BCUT2D eigenvalue weighted by molar-refractivity contribution is -0.118. The molecule has 0 spiro atoms. The summed E-state index contributed by atoms with van der Waals surface area (Å²) in [4.78, 5) is 23.3. The number of anilines is 2. The maximum absolute atomic E-state index is 12.1. The molecule has 0 unspecified atom stereocenters. The Bertz CT molecular complexity index is 775. The summed E-state index contributed by atoms with van der Waals surface area (Å²) in [5, 5.41) is 5.84. The molecule has 6 heteroatoms. The summed E-state index contributed by atoms with van der Waals surface area (Å²) < 4.78 is 5.55. The Kier molecular flexibility index (Phi) is 5.82. The van der Waals surface area contributed by atoms with Gasteiger partial charge in [-0.1, -0.05) is 23.7 Å². The SMILES string of the molecule is CC(=O)Nc1ccc(C)cc1OCC(=O)Nc1ccc(C)cc1Cl. The van der Waals surface area contributed by atoms with Crippen molar-refractivity contribution < 1.29 is 14.3 Å². The maximum Gasteiger partial charge on any atom is 0.262 e. The molecule has 0 aliphatic rings. The first-order valence-electron chi connectivity index (χ1n) is 7.42. The van der Waals surface area contributed by atoms with E-state index in [1.165, 1.54) is 6.92 Å². The number of rotatable bonds is 5. The predicted molar refractivity (Wildman–Crippen MR) is 95.8 cm³/mol. The number of ether oxygens (including phenoxy) is 1. The number of benzene rings is 2. The Labute approximate surface area is 146 Å². The number of hydrogen-bond donors (Lipinski definition) is 2. The molecule has 0 heterocycles. The lowest BCUT2D eigenvalue weighted by atomic mass is 10.2. The Morgan fingerprint density at radius 2 is 1.62 bits per heavy atom. The van der Waals surface area contributed by atoms with Gasteiger partial charge >= 0.3 is 0 Å². The van der Waals surface area contributed by atoms with Gasteiger partial charge in [-0.05, 0) is 49.2 Å². The van der Waals surface area contributed by atoms with Crippen LogP contribution in [-0.4, -0.2) is 18.4 Å². The van der Waals surface area contributed by atoms with Gasteiger partial charge in [0.2, 0.25) is 5.91 Å². The average Bonchev–Trinajstić information content (AvgIpc) is 2.50. The Balaban J connectivity index is 2.03. The van der Waals surface area contributed by atoms with E-state index in [1.54, 1.807) is 24.3 Å². The summed E-state index contributed by atoms with van der Waals surface area (Å²) in [6, 6.07) is 10.7. The molecule has 0 fully saturated rings. The molecule has 2 aromatic carbocycles. The molecule has 0 atom stereocenters. The topological polar surface area (TPSA) is 67.4 Å². The molecule has 24 heavy (non-hydrogen) atoms. The fourth-order valence-electron chi connectivity index (χ4n) is 2.09. The lowest BCUT2D eigenvalue weighted by Crippen LogP contribution is -2.21. The van der Waals surface area contributed by atoms with Crippen molar-refractivity contribution in [2.24, 2.45) is 0 Å². The van der Waals surface area contributed by atoms with Crippen molar-refractivity contribution in [3.63, 3.8) is 0 Å². The third-order valence-corrected chi connectivity index (χ3v) is 3.52. The van der Waals surface area contributed by atoms with E-state index in [4.69, 9.17) is 16.3 Å². The van der Waals surface area contributed by atoms with E-state index in [0.717, 1.165) is 11.1 Å². The number of halogens is 1. The summed E-state index contributed by atoms with van der Waals surface area (Å²) in [6.45, 7) is 5.04. The number of carbonyl (C=O) groups is 2. The number of nitrogens with one attached hydrogen (secondary N) is 2. The smallest absolute Gasteiger partial charge is 0.262 e. The molecule has 0 aliphatic carbocycles. The van der Waals surface area contributed by atoms with Crippen molar-refractivity contribution in [3.8, 4) is 5.75 Å². The highest BCUT2D eigenvalue weighted by atomic mass is 35.5. The van der Waals surface area contributed by atoms with Crippen molar-refractivity contribution in [3.05, 3.63) is 52.5 Å². The van der Waals surface area contributed by atoms with Gasteiger partial charge in [-0.3, -0.25) is 9.59 Å². The molecular weight excluding hydrogens is 328 g/mol. The predicted octanol–water partition coefficient (Wildman–Crippen LogP) is 3.93. The molecule has 2 N–H and O–H groups in total. The van der Waals surface area contributed by atoms with Gasteiger partial charge < -0.3 is 15.4 Å². The zero-order chi connectivity index (χ0) is 17.7. The second-order valence-electron chi connectivity index (χ2n) is 5.50. The minimum absolute atomic E-state index is 0.194. The first kappa shape index (κ1) is 17.8. The minimum Gasteiger partial charge on any atom is -0.482 e. The second-order valence-corrected chi connectivity index (χ2v) is 5.91. The summed E-state index contributed by atoms with van der Waals surface area (Å²) in [7, 11) is 0. The molecule has 0 radical (unpaired) electrons. The van der Waals surface area contributed by atoms with Crippen LogP contribution in [0.3, 0.4) is 0 Å². The Morgan fingerprint density at radius 3 is 2.25 bits per heavy atom. The van der Waals surface area contributed by atoms with Gasteiger partial charge in [0.25, 0.3) is 5.91 Å². The average molecular weight is 347 g/mol. The third-order valence-electron chi connectivity index (χ3n) is 3.21. The largest absolute Gasteiger partial charge is 0.482 e.